The van der Waals surface area contributed by atoms with Crippen LogP contribution in [0.25, 0.3) is 0 Å². The van der Waals surface area contributed by atoms with Crippen molar-refractivity contribution in [2.24, 2.45) is 0 Å². The smallest absolute Gasteiger partial charge is 0.234 e. The first kappa shape index (κ1) is 14.7. The second kappa shape index (κ2) is 6.19. The number of hydrogen-bond donors (Lipinski definition) is 2. The van der Waals surface area contributed by atoms with Gasteiger partial charge in [-0.15, -0.1) is 0 Å². The Balaban J connectivity index is 2.03. The molecule has 0 spiro atoms. The van der Waals surface area contributed by atoms with Gasteiger partial charge >= 0.3 is 0 Å². The molecular formula is C12H16BrFN2O2S. The van der Waals surface area contributed by atoms with Crippen LogP contribution >= 0.6 is 15.9 Å². The Morgan fingerprint density at radius 3 is 2.84 bits per heavy atom. The third kappa shape index (κ3) is 4.43. The summed E-state index contributed by atoms with van der Waals surface area (Å²) >= 11 is 3.14. The van der Waals surface area contributed by atoms with Crippen molar-refractivity contribution in [2.75, 3.05) is 17.0 Å². The number of benzene rings is 1. The van der Waals surface area contributed by atoms with Gasteiger partial charge in [0.2, 0.25) is 10.0 Å². The summed E-state index contributed by atoms with van der Waals surface area (Å²) in [5.74, 6) is -0.375. The monoisotopic (exact) mass is 350 g/mol. The van der Waals surface area contributed by atoms with E-state index in [0.29, 0.717) is 10.2 Å². The van der Waals surface area contributed by atoms with E-state index in [0.717, 1.165) is 25.8 Å². The molecule has 1 heterocycles. The Kier molecular flexibility index (Phi) is 4.81. The number of hydrogen-bond acceptors (Lipinski definition) is 3. The molecule has 106 valence electrons. The van der Waals surface area contributed by atoms with Crippen LogP contribution in [0.4, 0.5) is 10.1 Å². The van der Waals surface area contributed by atoms with Gasteiger partial charge < -0.3 is 5.32 Å². The lowest BCUT2D eigenvalue weighted by Gasteiger charge is -2.23. The van der Waals surface area contributed by atoms with Gasteiger partial charge in [0, 0.05) is 10.5 Å². The van der Waals surface area contributed by atoms with Gasteiger partial charge in [0.25, 0.3) is 0 Å². The Morgan fingerprint density at radius 1 is 1.42 bits per heavy atom. The van der Waals surface area contributed by atoms with Gasteiger partial charge in [0.15, 0.2) is 0 Å². The molecule has 1 atom stereocenters. The SMILES string of the molecule is O=S(=O)(CC1CCCCN1)Nc1ccc(F)cc1Br. The molecule has 2 rings (SSSR count). The van der Waals surface area contributed by atoms with Crippen molar-refractivity contribution in [1.82, 2.24) is 5.32 Å². The van der Waals surface area contributed by atoms with E-state index >= 15 is 0 Å². The Hall–Kier alpha value is -0.660. The van der Waals surface area contributed by atoms with Gasteiger partial charge in [-0.25, -0.2) is 12.8 Å². The third-order valence-corrected chi connectivity index (χ3v) is 5.06. The fraction of sp³-hybridized carbons (Fsp3) is 0.500. The van der Waals surface area contributed by atoms with Crippen LogP contribution in [-0.2, 0) is 10.0 Å². The molecule has 7 heteroatoms. The molecule has 2 N–H and O–H groups in total. The lowest BCUT2D eigenvalue weighted by Crippen LogP contribution is -2.40. The Labute approximate surface area is 121 Å². The van der Waals surface area contributed by atoms with Crippen molar-refractivity contribution in [2.45, 2.75) is 25.3 Å². The number of halogens is 2. The van der Waals surface area contributed by atoms with Crippen LogP contribution in [-0.4, -0.2) is 26.8 Å². The molecule has 0 aliphatic carbocycles. The lowest BCUT2D eigenvalue weighted by atomic mass is 10.1. The first-order valence-electron chi connectivity index (χ1n) is 6.15. The fourth-order valence-corrected chi connectivity index (χ4v) is 4.10. The summed E-state index contributed by atoms with van der Waals surface area (Å²) in [6.45, 7) is 0.862. The number of piperidine rings is 1. The molecule has 0 aromatic heterocycles. The molecule has 0 saturated carbocycles. The minimum Gasteiger partial charge on any atom is -0.313 e. The second-order valence-corrected chi connectivity index (χ2v) is 7.28. The largest absolute Gasteiger partial charge is 0.313 e. The predicted molar refractivity (Wildman–Crippen MR) is 77.2 cm³/mol. The molecule has 0 amide bonds. The van der Waals surface area contributed by atoms with Crippen LogP contribution in [0.3, 0.4) is 0 Å². The lowest BCUT2D eigenvalue weighted by molar-refractivity contribution is 0.424. The zero-order valence-corrected chi connectivity index (χ0v) is 12.7. The van der Waals surface area contributed by atoms with Gasteiger partial charge in [-0.05, 0) is 53.5 Å². The van der Waals surface area contributed by atoms with Crippen LogP contribution in [0, 0.1) is 5.82 Å². The first-order chi connectivity index (χ1) is 8.96. The van der Waals surface area contributed by atoms with E-state index in [1.54, 1.807) is 0 Å². The molecular weight excluding hydrogens is 335 g/mol. The van der Waals surface area contributed by atoms with Crippen molar-refractivity contribution in [3.05, 3.63) is 28.5 Å². The third-order valence-electron chi connectivity index (χ3n) is 3.03. The highest BCUT2D eigenvalue weighted by atomic mass is 79.9. The number of rotatable bonds is 4. The van der Waals surface area contributed by atoms with Gasteiger partial charge in [-0.2, -0.15) is 0 Å². The second-order valence-electron chi connectivity index (χ2n) is 4.65. The van der Waals surface area contributed by atoms with Gasteiger partial charge in [0.1, 0.15) is 5.82 Å². The minimum absolute atomic E-state index is 0.00882. The van der Waals surface area contributed by atoms with E-state index in [4.69, 9.17) is 0 Å². The Bertz CT molecular complexity index is 545. The van der Waals surface area contributed by atoms with Gasteiger partial charge in [0.05, 0.1) is 11.4 Å². The van der Waals surface area contributed by atoms with Gasteiger partial charge in [-0.3, -0.25) is 4.72 Å². The summed E-state index contributed by atoms with van der Waals surface area (Å²) in [4.78, 5) is 0. The van der Waals surface area contributed by atoms with Crippen molar-refractivity contribution in [3.8, 4) is 0 Å². The molecule has 1 unspecified atom stereocenters. The van der Waals surface area contributed by atoms with Crippen molar-refractivity contribution in [3.63, 3.8) is 0 Å². The molecule has 1 aliphatic rings. The molecule has 1 saturated heterocycles. The summed E-state index contributed by atoms with van der Waals surface area (Å²) in [6, 6.07) is 3.86. The molecule has 0 radical (unpaired) electrons. The maximum Gasteiger partial charge on any atom is 0.234 e. The van der Waals surface area contributed by atoms with E-state index in [9.17, 15) is 12.8 Å². The standard InChI is InChI=1S/C12H16BrFN2O2S/c13-11-7-9(14)4-5-12(11)16-19(17,18)8-10-3-1-2-6-15-10/h4-5,7,10,15-16H,1-3,6,8H2. The quantitative estimate of drug-likeness (QED) is 0.876. The van der Waals surface area contributed by atoms with Crippen LogP contribution in [0.2, 0.25) is 0 Å². The van der Waals surface area contributed by atoms with E-state index in [2.05, 4.69) is 26.0 Å². The molecule has 0 bridgehead atoms. The molecule has 4 nitrogen and oxygen atoms in total. The zero-order chi connectivity index (χ0) is 13.9. The number of nitrogens with one attached hydrogen (secondary N) is 2. The molecule has 19 heavy (non-hydrogen) atoms. The highest BCUT2D eigenvalue weighted by Crippen LogP contribution is 2.24. The van der Waals surface area contributed by atoms with Crippen LogP contribution in [0.5, 0.6) is 0 Å². The van der Waals surface area contributed by atoms with Crippen molar-refractivity contribution < 1.29 is 12.8 Å². The fourth-order valence-electron chi connectivity index (χ4n) is 2.11. The summed E-state index contributed by atoms with van der Waals surface area (Å²) in [6.07, 6.45) is 3.01. The van der Waals surface area contributed by atoms with E-state index in [1.165, 1.54) is 18.2 Å². The van der Waals surface area contributed by atoms with E-state index in [-0.39, 0.29) is 11.8 Å². The normalized spacial score (nSPS) is 20.2. The van der Waals surface area contributed by atoms with Crippen LogP contribution in [0.15, 0.2) is 22.7 Å². The highest BCUT2D eigenvalue weighted by Gasteiger charge is 2.21. The maximum atomic E-state index is 12.9. The summed E-state index contributed by atoms with van der Waals surface area (Å²) < 4.78 is 39.9. The average Bonchev–Trinajstić information content (AvgIpc) is 2.33. The molecule has 1 aliphatic heterocycles. The van der Waals surface area contributed by atoms with E-state index in [1.807, 2.05) is 0 Å². The summed E-state index contributed by atoms with van der Waals surface area (Å²) in [5, 5.41) is 3.19. The minimum atomic E-state index is -3.43. The summed E-state index contributed by atoms with van der Waals surface area (Å²) in [5.41, 5.74) is 0.359. The first-order valence-corrected chi connectivity index (χ1v) is 8.60. The molecule has 1 aromatic carbocycles. The number of sulfonamides is 1. The predicted octanol–water partition coefficient (Wildman–Crippen LogP) is 2.47. The van der Waals surface area contributed by atoms with Gasteiger partial charge in [-0.1, -0.05) is 6.42 Å². The van der Waals surface area contributed by atoms with Crippen LogP contribution in [0.1, 0.15) is 19.3 Å². The van der Waals surface area contributed by atoms with Crippen molar-refractivity contribution >= 4 is 31.6 Å². The van der Waals surface area contributed by atoms with Crippen molar-refractivity contribution in [1.29, 1.82) is 0 Å². The Morgan fingerprint density at radius 2 is 2.21 bits per heavy atom. The maximum absolute atomic E-state index is 12.9. The topological polar surface area (TPSA) is 58.2 Å². The molecule has 1 aromatic rings. The molecule has 1 fully saturated rings. The van der Waals surface area contributed by atoms with E-state index < -0.39 is 15.8 Å². The number of anilines is 1. The van der Waals surface area contributed by atoms with Crippen LogP contribution < -0.4 is 10.0 Å². The summed E-state index contributed by atoms with van der Waals surface area (Å²) in [7, 11) is -3.43. The highest BCUT2D eigenvalue weighted by molar-refractivity contribution is 9.10. The zero-order valence-electron chi connectivity index (χ0n) is 10.3. The average molecular weight is 351 g/mol.